The number of esters is 1. The van der Waals surface area contributed by atoms with Crippen LogP contribution < -0.4 is 5.48 Å². The number of ether oxygens (including phenoxy) is 1. The van der Waals surface area contributed by atoms with Gasteiger partial charge in [0.25, 0.3) is 0 Å². The fourth-order valence-corrected chi connectivity index (χ4v) is 2.70. The van der Waals surface area contributed by atoms with Gasteiger partial charge < -0.3 is 14.4 Å². The van der Waals surface area contributed by atoms with Gasteiger partial charge in [0, 0.05) is 5.56 Å². The molecule has 0 bridgehead atoms. The normalized spacial score (nSPS) is 12.2. The number of carbonyl (C=O) groups excluding carboxylic acids is 1. The molecule has 1 N–H and O–H groups in total. The van der Waals surface area contributed by atoms with Crippen molar-refractivity contribution in [3.63, 3.8) is 0 Å². The van der Waals surface area contributed by atoms with Gasteiger partial charge in [0.15, 0.2) is 6.04 Å². The lowest BCUT2D eigenvalue weighted by Crippen LogP contribution is -2.30. The van der Waals surface area contributed by atoms with Crippen LogP contribution in [-0.2, 0) is 25.8 Å². The van der Waals surface area contributed by atoms with E-state index in [4.69, 9.17) is 19.7 Å². The van der Waals surface area contributed by atoms with Crippen LogP contribution >= 0.6 is 0 Å². The molecule has 0 aliphatic heterocycles. The molecule has 0 spiro atoms. The number of methoxy groups -OCH3 is 1. The third-order valence-corrected chi connectivity index (χ3v) is 4.27. The van der Waals surface area contributed by atoms with Crippen molar-refractivity contribution in [1.82, 2.24) is 5.48 Å². The van der Waals surface area contributed by atoms with Crippen molar-refractivity contribution in [3.8, 4) is 6.07 Å². The Morgan fingerprint density at radius 3 is 2.54 bits per heavy atom. The Bertz CT molecular complexity index is 886. The molecule has 2 aromatic carbocycles. The predicted molar refractivity (Wildman–Crippen MR) is 104 cm³/mol. The molecular weight excluding hydrogens is 358 g/mol. The summed E-state index contributed by atoms with van der Waals surface area (Å²) in [5.74, 6) is -0.467. The fourth-order valence-electron chi connectivity index (χ4n) is 2.70. The predicted octanol–water partition coefficient (Wildman–Crippen LogP) is 3.17. The van der Waals surface area contributed by atoms with E-state index in [0.717, 1.165) is 16.7 Å². The zero-order chi connectivity index (χ0) is 20.5. The molecule has 1 unspecified atom stereocenters. The lowest BCUT2D eigenvalue weighted by Gasteiger charge is -2.19. The summed E-state index contributed by atoms with van der Waals surface area (Å²) in [6.45, 7) is 3.93. The van der Waals surface area contributed by atoms with E-state index in [2.05, 4.69) is 16.7 Å². The van der Waals surface area contributed by atoms with Crippen LogP contribution in [0.1, 0.15) is 40.8 Å². The van der Waals surface area contributed by atoms with E-state index in [9.17, 15) is 4.79 Å². The van der Waals surface area contributed by atoms with E-state index in [0.29, 0.717) is 16.8 Å². The SMILES string of the molecule is CONC(C(=O)OC)c1cccc(C)c1CO/N=C(\C)c1ccc(C#N)cc1. The zero-order valence-corrected chi connectivity index (χ0v) is 16.4. The van der Waals surface area contributed by atoms with Gasteiger partial charge in [-0.15, -0.1) is 0 Å². The summed E-state index contributed by atoms with van der Waals surface area (Å²) in [6.07, 6.45) is 0. The highest BCUT2D eigenvalue weighted by atomic mass is 16.6. The molecule has 0 aromatic heterocycles. The van der Waals surface area contributed by atoms with E-state index in [1.807, 2.05) is 44.2 Å². The van der Waals surface area contributed by atoms with Gasteiger partial charge in [-0.05, 0) is 42.7 Å². The molecule has 0 radical (unpaired) electrons. The molecule has 7 nitrogen and oxygen atoms in total. The van der Waals surface area contributed by atoms with Gasteiger partial charge in [0.2, 0.25) is 0 Å². The van der Waals surface area contributed by atoms with Crippen molar-refractivity contribution in [3.05, 3.63) is 70.3 Å². The van der Waals surface area contributed by atoms with Gasteiger partial charge in [-0.25, -0.2) is 4.79 Å². The van der Waals surface area contributed by atoms with E-state index >= 15 is 0 Å². The van der Waals surface area contributed by atoms with Crippen LogP contribution in [0, 0.1) is 18.3 Å². The molecule has 0 saturated heterocycles. The van der Waals surface area contributed by atoms with E-state index in [1.54, 1.807) is 12.1 Å². The molecule has 0 fully saturated rings. The van der Waals surface area contributed by atoms with Crippen molar-refractivity contribution in [1.29, 1.82) is 5.26 Å². The second-order valence-electron chi connectivity index (χ2n) is 6.06. The van der Waals surface area contributed by atoms with Gasteiger partial charge in [-0.1, -0.05) is 35.5 Å². The molecule has 0 saturated carbocycles. The van der Waals surface area contributed by atoms with Crippen molar-refractivity contribution >= 4 is 11.7 Å². The van der Waals surface area contributed by atoms with E-state index < -0.39 is 12.0 Å². The monoisotopic (exact) mass is 381 g/mol. The van der Waals surface area contributed by atoms with Crippen LogP contribution in [0.2, 0.25) is 0 Å². The molecule has 2 rings (SSSR count). The van der Waals surface area contributed by atoms with Crippen molar-refractivity contribution < 1.29 is 19.2 Å². The highest BCUT2D eigenvalue weighted by molar-refractivity contribution is 5.98. The molecule has 28 heavy (non-hydrogen) atoms. The van der Waals surface area contributed by atoms with Crippen LogP contribution in [0.3, 0.4) is 0 Å². The third kappa shape index (κ3) is 5.16. The molecule has 0 aliphatic carbocycles. The molecule has 0 amide bonds. The molecule has 0 heterocycles. The quantitative estimate of drug-likeness (QED) is 0.429. The Hall–Kier alpha value is -3.21. The van der Waals surface area contributed by atoms with Crippen molar-refractivity contribution in [2.45, 2.75) is 26.5 Å². The molecular formula is C21H23N3O4. The second kappa shape index (κ2) is 10.2. The van der Waals surface area contributed by atoms with Gasteiger partial charge in [-0.2, -0.15) is 10.7 Å². The Morgan fingerprint density at radius 2 is 1.93 bits per heavy atom. The van der Waals surface area contributed by atoms with Gasteiger partial charge in [0.05, 0.1) is 31.6 Å². The summed E-state index contributed by atoms with van der Waals surface area (Å²) >= 11 is 0. The number of nitriles is 1. The molecule has 146 valence electrons. The summed E-state index contributed by atoms with van der Waals surface area (Å²) in [6, 6.07) is 14.0. The van der Waals surface area contributed by atoms with E-state index in [1.165, 1.54) is 14.2 Å². The first kappa shape index (κ1) is 21.1. The first-order valence-corrected chi connectivity index (χ1v) is 8.63. The standard InChI is InChI=1S/C21H23N3O4/c1-14-6-5-7-18(20(24-27-4)21(25)26-3)19(14)13-28-23-15(2)17-10-8-16(12-22)9-11-17/h5-11,20,24H,13H2,1-4H3/b23-15+. The van der Waals surface area contributed by atoms with Crippen molar-refractivity contribution in [2.75, 3.05) is 14.2 Å². The summed E-state index contributed by atoms with van der Waals surface area (Å²) in [5, 5.41) is 13.0. The van der Waals surface area contributed by atoms with Gasteiger partial charge in [-0.3, -0.25) is 0 Å². The average Bonchev–Trinajstić information content (AvgIpc) is 2.72. The summed E-state index contributed by atoms with van der Waals surface area (Å²) < 4.78 is 4.86. The Kier molecular flexibility index (Phi) is 7.69. The number of oxime groups is 1. The maximum absolute atomic E-state index is 12.1. The number of nitrogens with zero attached hydrogens (tertiary/aromatic N) is 2. The summed E-state index contributed by atoms with van der Waals surface area (Å²) in [7, 11) is 2.76. The maximum atomic E-state index is 12.1. The summed E-state index contributed by atoms with van der Waals surface area (Å²) in [4.78, 5) is 22.6. The number of nitrogens with one attached hydrogen (secondary N) is 1. The van der Waals surface area contributed by atoms with Crippen LogP contribution in [0.25, 0.3) is 0 Å². The fraction of sp³-hybridized carbons (Fsp3) is 0.286. The number of hydrogen-bond donors (Lipinski definition) is 1. The molecule has 1 atom stereocenters. The minimum Gasteiger partial charge on any atom is -0.468 e. The number of carbonyl (C=O) groups is 1. The molecule has 2 aromatic rings. The topological polar surface area (TPSA) is 92.9 Å². The van der Waals surface area contributed by atoms with Crippen LogP contribution in [-0.4, -0.2) is 25.9 Å². The van der Waals surface area contributed by atoms with Crippen molar-refractivity contribution in [2.24, 2.45) is 5.16 Å². The lowest BCUT2D eigenvalue weighted by atomic mass is 9.97. The third-order valence-electron chi connectivity index (χ3n) is 4.27. The highest BCUT2D eigenvalue weighted by Crippen LogP contribution is 2.23. The maximum Gasteiger partial charge on any atom is 0.329 e. The number of benzene rings is 2. The Morgan fingerprint density at radius 1 is 1.21 bits per heavy atom. The summed E-state index contributed by atoms with van der Waals surface area (Å²) in [5.41, 5.74) is 7.25. The largest absolute Gasteiger partial charge is 0.468 e. The van der Waals surface area contributed by atoms with E-state index in [-0.39, 0.29) is 6.61 Å². The number of hydroxylamine groups is 1. The number of hydrogen-bond acceptors (Lipinski definition) is 7. The smallest absolute Gasteiger partial charge is 0.329 e. The minimum atomic E-state index is -0.780. The number of aryl methyl sites for hydroxylation is 1. The van der Waals surface area contributed by atoms with Crippen LogP contribution in [0.15, 0.2) is 47.6 Å². The Balaban J connectivity index is 2.21. The second-order valence-corrected chi connectivity index (χ2v) is 6.06. The van der Waals surface area contributed by atoms with Gasteiger partial charge >= 0.3 is 5.97 Å². The Labute approximate surface area is 164 Å². The first-order valence-electron chi connectivity index (χ1n) is 8.63. The average molecular weight is 381 g/mol. The zero-order valence-electron chi connectivity index (χ0n) is 16.4. The lowest BCUT2D eigenvalue weighted by molar-refractivity contribution is -0.147. The number of rotatable bonds is 8. The van der Waals surface area contributed by atoms with Crippen LogP contribution in [0.4, 0.5) is 0 Å². The van der Waals surface area contributed by atoms with Gasteiger partial charge in [0.1, 0.15) is 6.61 Å². The molecule has 0 aliphatic rings. The minimum absolute atomic E-state index is 0.175. The highest BCUT2D eigenvalue weighted by Gasteiger charge is 2.25. The van der Waals surface area contributed by atoms with Crippen LogP contribution in [0.5, 0.6) is 0 Å². The first-order chi connectivity index (χ1) is 13.5. The molecule has 7 heteroatoms.